The summed E-state index contributed by atoms with van der Waals surface area (Å²) in [6.07, 6.45) is 3.61. The van der Waals surface area contributed by atoms with Gasteiger partial charge >= 0.3 is 0 Å². The Morgan fingerprint density at radius 3 is 2.75 bits per heavy atom. The number of hydrogen-bond acceptors (Lipinski definition) is 4. The monoisotopic (exact) mass is 284 g/mol. The molecule has 1 aromatic carbocycles. The molecule has 5 heteroatoms. The van der Waals surface area contributed by atoms with Crippen LogP contribution in [0.15, 0.2) is 48.8 Å². The lowest BCUT2D eigenvalue weighted by Gasteiger charge is -2.19. The van der Waals surface area contributed by atoms with Crippen molar-refractivity contribution in [2.24, 2.45) is 0 Å². The third kappa shape index (κ3) is 2.56. The Morgan fingerprint density at radius 2 is 1.95 bits per heavy atom. The molecule has 100 valence electrons. The summed E-state index contributed by atoms with van der Waals surface area (Å²) in [5, 5.41) is 1.25. The average Bonchev–Trinajstić information content (AvgIpc) is 2.47. The SMILES string of the molecule is CN(Cc1cccnc1)c1nc(Cl)nc2ccccc12. The van der Waals surface area contributed by atoms with Crippen LogP contribution in [0.25, 0.3) is 10.9 Å². The van der Waals surface area contributed by atoms with E-state index < -0.39 is 0 Å². The summed E-state index contributed by atoms with van der Waals surface area (Å²) in [5.41, 5.74) is 1.97. The van der Waals surface area contributed by atoms with Crippen LogP contribution in [0.5, 0.6) is 0 Å². The first-order chi connectivity index (χ1) is 9.74. The van der Waals surface area contributed by atoms with Crippen molar-refractivity contribution >= 4 is 28.3 Å². The van der Waals surface area contributed by atoms with E-state index in [0.717, 1.165) is 22.3 Å². The first-order valence-electron chi connectivity index (χ1n) is 6.26. The van der Waals surface area contributed by atoms with Gasteiger partial charge in [0.1, 0.15) is 5.82 Å². The molecule has 0 radical (unpaired) electrons. The molecular weight excluding hydrogens is 272 g/mol. The highest BCUT2D eigenvalue weighted by Gasteiger charge is 2.11. The summed E-state index contributed by atoms with van der Waals surface area (Å²) in [6.45, 7) is 0.713. The summed E-state index contributed by atoms with van der Waals surface area (Å²) in [7, 11) is 1.98. The van der Waals surface area contributed by atoms with E-state index in [0.29, 0.717) is 6.54 Å². The van der Waals surface area contributed by atoms with Crippen molar-refractivity contribution in [1.29, 1.82) is 0 Å². The molecule has 3 rings (SSSR count). The van der Waals surface area contributed by atoms with Crippen molar-refractivity contribution in [2.45, 2.75) is 6.54 Å². The molecule has 0 N–H and O–H groups in total. The molecule has 0 saturated carbocycles. The molecule has 0 spiro atoms. The maximum atomic E-state index is 6.01. The van der Waals surface area contributed by atoms with Crippen LogP contribution >= 0.6 is 11.6 Å². The first kappa shape index (κ1) is 12.8. The van der Waals surface area contributed by atoms with Gasteiger partial charge in [-0.05, 0) is 35.4 Å². The average molecular weight is 285 g/mol. The number of fused-ring (bicyclic) bond motifs is 1. The van der Waals surface area contributed by atoms with Crippen LogP contribution in [-0.4, -0.2) is 22.0 Å². The van der Waals surface area contributed by atoms with Crippen molar-refractivity contribution in [2.75, 3.05) is 11.9 Å². The number of para-hydroxylation sites is 1. The van der Waals surface area contributed by atoms with Crippen LogP contribution < -0.4 is 4.90 Å². The lowest BCUT2D eigenvalue weighted by atomic mass is 10.2. The molecule has 4 nitrogen and oxygen atoms in total. The van der Waals surface area contributed by atoms with Crippen LogP contribution in [0, 0.1) is 0 Å². The Bertz CT molecular complexity index is 730. The number of halogens is 1. The van der Waals surface area contributed by atoms with Gasteiger partial charge < -0.3 is 4.90 Å². The van der Waals surface area contributed by atoms with Crippen LogP contribution in [0.4, 0.5) is 5.82 Å². The fourth-order valence-electron chi connectivity index (χ4n) is 2.16. The number of aromatic nitrogens is 3. The predicted octanol–water partition coefficient (Wildman–Crippen LogP) is 3.31. The Morgan fingerprint density at radius 1 is 1.10 bits per heavy atom. The number of hydrogen-bond donors (Lipinski definition) is 0. The second-order valence-electron chi connectivity index (χ2n) is 4.55. The lowest BCUT2D eigenvalue weighted by molar-refractivity contribution is 0.894. The summed E-state index contributed by atoms with van der Waals surface area (Å²) in [6, 6.07) is 11.8. The number of rotatable bonds is 3. The van der Waals surface area contributed by atoms with Gasteiger partial charge in [0.25, 0.3) is 0 Å². The van der Waals surface area contributed by atoms with Crippen molar-refractivity contribution in [3.63, 3.8) is 0 Å². The molecule has 0 aliphatic rings. The van der Waals surface area contributed by atoms with E-state index in [1.807, 2.05) is 54.5 Å². The van der Waals surface area contributed by atoms with Gasteiger partial charge in [0.2, 0.25) is 5.28 Å². The fraction of sp³-hybridized carbons (Fsp3) is 0.133. The number of anilines is 1. The highest BCUT2D eigenvalue weighted by molar-refractivity contribution is 6.28. The maximum Gasteiger partial charge on any atom is 0.224 e. The van der Waals surface area contributed by atoms with Gasteiger partial charge in [0.05, 0.1) is 5.52 Å². The van der Waals surface area contributed by atoms with Gasteiger partial charge in [-0.15, -0.1) is 0 Å². The summed E-state index contributed by atoms with van der Waals surface area (Å²) < 4.78 is 0. The van der Waals surface area contributed by atoms with Gasteiger partial charge in [-0.25, -0.2) is 4.98 Å². The predicted molar refractivity (Wildman–Crippen MR) is 80.9 cm³/mol. The number of benzene rings is 1. The molecule has 0 unspecified atom stereocenters. The molecule has 0 aliphatic heterocycles. The maximum absolute atomic E-state index is 6.01. The second kappa shape index (κ2) is 5.43. The highest BCUT2D eigenvalue weighted by atomic mass is 35.5. The summed E-state index contributed by atoms with van der Waals surface area (Å²) in [4.78, 5) is 14.8. The molecule has 0 aliphatic carbocycles. The number of pyridine rings is 1. The molecule has 2 heterocycles. The Labute approximate surface area is 122 Å². The zero-order chi connectivity index (χ0) is 13.9. The van der Waals surface area contributed by atoms with Crippen molar-refractivity contribution in [3.05, 3.63) is 59.6 Å². The standard InChI is InChI=1S/C15H13ClN4/c1-20(10-11-5-4-8-17-9-11)14-12-6-2-3-7-13(12)18-15(16)19-14/h2-9H,10H2,1H3. The van der Waals surface area contributed by atoms with E-state index in [9.17, 15) is 0 Å². The Hall–Kier alpha value is -2.20. The normalized spacial score (nSPS) is 10.7. The molecule has 0 saturated heterocycles. The van der Waals surface area contributed by atoms with Crippen molar-refractivity contribution in [3.8, 4) is 0 Å². The van der Waals surface area contributed by atoms with Crippen molar-refractivity contribution < 1.29 is 0 Å². The van der Waals surface area contributed by atoms with Crippen LogP contribution in [-0.2, 0) is 6.54 Å². The van der Waals surface area contributed by atoms with E-state index in [4.69, 9.17) is 11.6 Å². The molecule has 3 aromatic rings. The van der Waals surface area contributed by atoms with E-state index in [1.165, 1.54) is 0 Å². The first-order valence-corrected chi connectivity index (χ1v) is 6.64. The van der Waals surface area contributed by atoms with Gasteiger partial charge in [-0.1, -0.05) is 18.2 Å². The molecule has 0 amide bonds. The lowest BCUT2D eigenvalue weighted by Crippen LogP contribution is -2.18. The quantitative estimate of drug-likeness (QED) is 0.692. The van der Waals surface area contributed by atoms with Gasteiger partial charge in [0.15, 0.2) is 0 Å². The van der Waals surface area contributed by atoms with Crippen LogP contribution in [0.1, 0.15) is 5.56 Å². The van der Waals surface area contributed by atoms with E-state index in [-0.39, 0.29) is 5.28 Å². The smallest absolute Gasteiger partial charge is 0.224 e. The van der Waals surface area contributed by atoms with Gasteiger partial charge in [-0.3, -0.25) is 4.98 Å². The molecule has 2 aromatic heterocycles. The number of nitrogens with zero attached hydrogens (tertiary/aromatic N) is 4. The third-order valence-corrected chi connectivity index (χ3v) is 3.23. The molecular formula is C15H13ClN4. The largest absolute Gasteiger partial charge is 0.355 e. The fourth-order valence-corrected chi connectivity index (χ4v) is 2.33. The van der Waals surface area contributed by atoms with Crippen LogP contribution in [0.3, 0.4) is 0 Å². The highest BCUT2D eigenvalue weighted by Crippen LogP contribution is 2.25. The summed E-state index contributed by atoms with van der Waals surface area (Å²) >= 11 is 6.01. The van der Waals surface area contributed by atoms with E-state index >= 15 is 0 Å². The third-order valence-electron chi connectivity index (χ3n) is 3.06. The topological polar surface area (TPSA) is 41.9 Å². The minimum absolute atomic E-state index is 0.261. The summed E-state index contributed by atoms with van der Waals surface area (Å²) in [5.74, 6) is 0.824. The molecule has 20 heavy (non-hydrogen) atoms. The van der Waals surface area contributed by atoms with Gasteiger partial charge in [-0.2, -0.15) is 4.98 Å². The van der Waals surface area contributed by atoms with Crippen LogP contribution in [0.2, 0.25) is 5.28 Å². The van der Waals surface area contributed by atoms with Crippen molar-refractivity contribution in [1.82, 2.24) is 15.0 Å². The zero-order valence-corrected chi connectivity index (χ0v) is 11.7. The molecule has 0 atom stereocenters. The molecule has 0 bridgehead atoms. The Kier molecular flexibility index (Phi) is 3.48. The minimum Gasteiger partial charge on any atom is -0.355 e. The van der Waals surface area contributed by atoms with E-state index in [1.54, 1.807) is 6.20 Å². The second-order valence-corrected chi connectivity index (χ2v) is 4.89. The minimum atomic E-state index is 0.261. The van der Waals surface area contributed by atoms with E-state index in [2.05, 4.69) is 15.0 Å². The zero-order valence-electron chi connectivity index (χ0n) is 11.0. The van der Waals surface area contributed by atoms with Gasteiger partial charge in [0, 0.05) is 31.4 Å². The molecule has 0 fully saturated rings. The Balaban J connectivity index is 2.01.